The number of rotatable bonds is 3. The van der Waals surface area contributed by atoms with Crippen LogP contribution in [0, 0.1) is 0 Å². The van der Waals surface area contributed by atoms with Crippen molar-refractivity contribution in [2.24, 2.45) is 5.73 Å². The Morgan fingerprint density at radius 1 is 1.57 bits per heavy atom. The van der Waals surface area contributed by atoms with E-state index in [1.54, 1.807) is 4.90 Å². The summed E-state index contributed by atoms with van der Waals surface area (Å²) in [7, 11) is -3.04. The molecule has 1 rings (SSSR count). The van der Waals surface area contributed by atoms with Gasteiger partial charge in [0.1, 0.15) is 9.84 Å². The van der Waals surface area contributed by atoms with Crippen LogP contribution in [0.25, 0.3) is 0 Å². The summed E-state index contributed by atoms with van der Waals surface area (Å²) in [6.07, 6.45) is 2.02. The van der Waals surface area contributed by atoms with Crippen molar-refractivity contribution in [3.63, 3.8) is 0 Å². The number of hydrogen-bond donors (Lipinski definition) is 1. The fourth-order valence-corrected chi connectivity index (χ4v) is 1.99. The second kappa shape index (κ2) is 4.27. The van der Waals surface area contributed by atoms with Crippen molar-refractivity contribution in [3.8, 4) is 0 Å². The fourth-order valence-electron chi connectivity index (χ4n) is 1.44. The Hall–Kier alpha value is -0.620. The minimum atomic E-state index is -3.04. The van der Waals surface area contributed by atoms with Gasteiger partial charge in [0.25, 0.3) is 0 Å². The van der Waals surface area contributed by atoms with Crippen LogP contribution in [0.5, 0.6) is 0 Å². The Morgan fingerprint density at radius 2 is 2.21 bits per heavy atom. The van der Waals surface area contributed by atoms with Gasteiger partial charge in [0.15, 0.2) is 0 Å². The molecule has 1 heterocycles. The van der Waals surface area contributed by atoms with Crippen LogP contribution in [0.2, 0.25) is 0 Å². The van der Waals surface area contributed by atoms with Crippen LogP contribution in [0.15, 0.2) is 0 Å². The first kappa shape index (κ1) is 11.5. The third-order valence-corrected chi connectivity index (χ3v) is 3.21. The molecule has 0 bridgehead atoms. The van der Waals surface area contributed by atoms with Gasteiger partial charge in [0.2, 0.25) is 5.91 Å². The van der Waals surface area contributed by atoms with Gasteiger partial charge >= 0.3 is 0 Å². The zero-order valence-corrected chi connectivity index (χ0v) is 9.09. The highest BCUT2D eigenvalue weighted by atomic mass is 32.2. The molecular weight excluding hydrogens is 204 g/mol. The van der Waals surface area contributed by atoms with E-state index in [1.165, 1.54) is 0 Å². The first-order valence-electron chi connectivity index (χ1n) is 4.59. The first-order valence-corrected chi connectivity index (χ1v) is 6.65. The van der Waals surface area contributed by atoms with E-state index in [9.17, 15) is 13.2 Å². The molecular formula is C8H16N2O3S. The average molecular weight is 220 g/mol. The highest BCUT2D eigenvalue weighted by molar-refractivity contribution is 7.90. The fraction of sp³-hybridized carbons (Fsp3) is 0.875. The quantitative estimate of drug-likeness (QED) is 0.660. The zero-order valence-electron chi connectivity index (χ0n) is 8.27. The van der Waals surface area contributed by atoms with Crippen LogP contribution in [-0.4, -0.2) is 50.4 Å². The normalized spacial score (nSPS) is 22.7. The molecule has 2 N–H and O–H groups in total. The molecule has 0 saturated carbocycles. The molecule has 1 aliphatic heterocycles. The third kappa shape index (κ3) is 3.63. The Kier molecular flexibility index (Phi) is 3.49. The number of likely N-dealkylation sites (tertiary alicyclic amines) is 1. The average Bonchev–Trinajstić information content (AvgIpc) is 2.46. The summed E-state index contributed by atoms with van der Waals surface area (Å²) in [4.78, 5) is 13.1. The molecule has 6 heteroatoms. The summed E-state index contributed by atoms with van der Waals surface area (Å²) in [5.74, 6) is -0.180. The summed E-state index contributed by atoms with van der Waals surface area (Å²) in [5.41, 5.74) is 5.63. The molecule has 1 atom stereocenters. The molecule has 0 aromatic carbocycles. The number of hydrogen-bond acceptors (Lipinski definition) is 4. The zero-order chi connectivity index (χ0) is 10.8. The molecule has 1 aliphatic rings. The number of amides is 1. The Morgan fingerprint density at radius 3 is 2.64 bits per heavy atom. The third-order valence-electron chi connectivity index (χ3n) is 2.26. The smallest absolute Gasteiger partial charge is 0.223 e. The largest absolute Gasteiger partial charge is 0.341 e. The summed E-state index contributed by atoms with van der Waals surface area (Å²) in [6.45, 7) is 1.21. The van der Waals surface area contributed by atoms with Crippen molar-refractivity contribution in [2.75, 3.05) is 25.1 Å². The van der Waals surface area contributed by atoms with Crippen molar-refractivity contribution >= 4 is 15.7 Å². The van der Waals surface area contributed by atoms with Crippen LogP contribution in [-0.2, 0) is 14.6 Å². The van der Waals surface area contributed by atoms with E-state index in [2.05, 4.69) is 0 Å². The Labute approximate surface area is 84.2 Å². The van der Waals surface area contributed by atoms with E-state index in [1.807, 2.05) is 0 Å². The molecule has 0 aliphatic carbocycles. The topological polar surface area (TPSA) is 80.5 Å². The molecule has 0 radical (unpaired) electrons. The molecule has 14 heavy (non-hydrogen) atoms. The minimum Gasteiger partial charge on any atom is -0.341 e. The number of nitrogens with two attached hydrogens (primary N) is 1. The van der Waals surface area contributed by atoms with Gasteiger partial charge in [-0.05, 0) is 6.42 Å². The van der Waals surface area contributed by atoms with Crippen molar-refractivity contribution in [1.82, 2.24) is 4.90 Å². The van der Waals surface area contributed by atoms with Gasteiger partial charge < -0.3 is 10.6 Å². The van der Waals surface area contributed by atoms with Crippen LogP contribution >= 0.6 is 0 Å². The van der Waals surface area contributed by atoms with E-state index >= 15 is 0 Å². The van der Waals surface area contributed by atoms with Gasteiger partial charge in [-0.2, -0.15) is 0 Å². The lowest BCUT2D eigenvalue weighted by atomic mass is 10.3. The molecule has 1 amide bonds. The lowest BCUT2D eigenvalue weighted by Gasteiger charge is -2.14. The van der Waals surface area contributed by atoms with Crippen molar-refractivity contribution in [1.29, 1.82) is 0 Å². The van der Waals surface area contributed by atoms with Crippen molar-refractivity contribution in [3.05, 3.63) is 0 Å². The molecule has 0 spiro atoms. The maximum absolute atomic E-state index is 11.4. The minimum absolute atomic E-state index is 0.0529. The number of sulfone groups is 1. The molecule has 0 aromatic rings. The maximum atomic E-state index is 11.4. The van der Waals surface area contributed by atoms with Crippen LogP contribution in [0.3, 0.4) is 0 Å². The standard InChI is InChI=1S/C8H16N2O3S/c1-14(12,13)5-3-8(11)10-4-2-7(9)6-10/h7H,2-6,9H2,1H3. The second-order valence-corrected chi connectivity index (χ2v) is 6.03. The van der Waals surface area contributed by atoms with E-state index in [4.69, 9.17) is 5.73 Å². The molecule has 82 valence electrons. The number of carbonyl (C=O) groups excluding carboxylic acids is 1. The second-order valence-electron chi connectivity index (χ2n) is 3.77. The lowest BCUT2D eigenvalue weighted by Crippen LogP contribution is -2.32. The molecule has 1 fully saturated rings. The van der Waals surface area contributed by atoms with Crippen molar-refractivity contribution in [2.45, 2.75) is 18.9 Å². The van der Waals surface area contributed by atoms with Gasteiger partial charge in [0, 0.05) is 31.8 Å². The molecule has 0 aromatic heterocycles. The summed E-state index contributed by atoms with van der Waals surface area (Å²) in [5, 5.41) is 0. The summed E-state index contributed by atoms with van der Waals surface area (Å²) < 4.78 is 21.6. The van der Waals surface area contributed by atoms with Gasteiger partial charge in [-0.25, -0.2) is 8.42 Å². The van der Waals surface area contributed by atoms with Gasteiger partial charge in [0.05, 0.1) is 5.75 Å². The molecule has 5 nitrogen and oxygen atoms in total. The monoisotopic (exact) mass is 220 g/mol. The number of nitrogens with zero attached hydrogens (tertiary/aromatic N) is 1. The van der Waals surface area contributed by atoms with E-state index in [0.717, 1.165) is 12.7 Å². The predicted molar refractivity (Wildman–Crippen MR) is 53.5 cm³/mol. The van der Waals surface area contributed by atoms with Crippen LogP contribution in [0.4, 0.5) is 0 Å². The first-order chi connectivity index (χ1) is 6.38. The Bertz CT molecular complexity index is 313. The predicted octanol–water partition coefficient (Wildman–Crippen LogP) is -1.02. The lowest BCUT2D eigenvalue weighted by molar-refractivity contribution is -0.129. The molecule has 1 unspecified atom stereocenters. The highest BCUT2D eigenvalue weighted by Crippen LogP contribution is 2.08. The van der Waals surface area contributed by atoms with E-state index in [-0.39, 0.29) is 24.1 Å². The highest BCUT2D eigenvalue weighted by Gasteiger charge is 2.23. The summed E-state index contributed by atoms with van der Waals surface area (Å²) >= 11 is 0. The Balaban J connectivity index is 2.36. The van der Waals surface area contributed by atoms with Crippen LogP contribution in [0.1, 0.15) is 12.8 Å². The molecule has 1 saturated heterocycles. The van der Waals surface area contributed by atoms with Crippen molar-refractivity contribution < 1.29 is 13.2 Å². The van der Waals surface area contributed by atoms with E-state index in [0.29, 0.717) is 13.1 Å². The SMILES string of the molecule is CS(=O)(=O)CCC(=O)N1CCC(N)C1. The maximum Gasteiger partial charge on any atom is 0.223 e. The van der Waals surface area contributed by atoms with Crippen LogP contribution < -0.4 is 5.73 Å². The van der Waals surface area contributed by atoms with Gasteiger partial charge in [-0.3, -0.25) is 4.79 Å². The summed E-state index contributed by atoms with van der Waals surface area (Å²) in [6, 6.07) is 0.0529. The van der Waals surface area contributed by atoms with Gasteiger partial charge in [-0.15, -0.1) is 0 Å². The van der Waals surface area contributed by atoms with E-state index < -0.39 is 9.84 Å². The van der Waals surface area contributed by atoms with Gasteiger partial charge in [-0.1, -0.05) is 0 Å². The number of carbonyl (C=O) groups is 1.